The molecule has 0 aromatic rings. The van der Waals surface area contributed by atoms with Gasteiger partial charge in [0, 0.05) is 0 Å². The third-order valence-corrected chi connectivity index (χ3v) is 0. The molecule has 0 heterocycles. The fourth-order valence-electron chi connectivity index (χ4n) is 0. The zero-order valence-electron chi connectivity index (χ0n) is 2.49. The maximum Gasteiger partial charge on any atom is 2.00 e. The Morgan fingerprint density at radius 2 is 0.600 bits per heavy atom. The van der Waals surface area contributed by atoms with Gasteiger partial charge in [-0.1, -0.05) is 0 Å². The molecule has 5 heteroatoms. The average Bonchev–Trinajstić information content (AvgIpc) is 0. The number of rotatable bonds is 0. The molecule has 0 aliphatic rings. The Morgan fingerprint density at radius 3 is 0.600 bits per heavy atom. The van der Waals surface area contributed by atoms with Crippen LogP contribution in [0, 0.1) is 0 Å². The Morgan fingerprint density at radius 1 is 0.600 bits per heavy atom. The van der Waals surface area contributed by atoms with Gasteiger partial charge < -0.3 is 37.2 Å². The van der Waals surface area contributed by atoms with Gasteiger partial charge in [-0.05, 0) is 0 Å². The van der Waals surface area contributed by atoms with E-state index in [1.54, 1.807) is 0 Å². The fourth-order valence-corrected chi connectivity index (χ4v) is 0. The second-order valence-electron chi connectivity index (χ2n) is 0. The summed E-state index contributed by atoms with van der Waals surface area (Å²) < 4.78 is 0. The molecule has 0 atom stereocenters. The van der Waals surface area contributed by atoms with Crippen molar-refractivity contribution in [2.75, 3.05) is 0 Å². The van der Waals surface area contributed by atoms with Crippen molar-refractivity contribution < 1.29 is 83.8 Å². The molecule has 0 radical (unpaired) electrons. The van der Waals surface area contributed by atoms with Crippen molar-refractivity contribution >= 4 is 0 Å². The van der Waals surface area contributed by atoms with Crippen LogP contribution in [0.1, 0.15) is 0 Å². The van der Waals surface area contributed by atoms with Gasteiger partial charge in [-0.2, -0.15) is 0 Å². The van der Waals surface area contributed by atoms with Crippen molar-refractivity contribution in [1.82, 2.24) is 0 Å². The number of hydrogen-bond donors (Lipinski definition) is 0. The van der Waals surface area contributed by atoms with E-state index in [-0.39, 0.29) is 83.8 Å². The SMILES string of the molecule is [Cl-].[Cl-].[Cl-].[Fe+2].[Na+]. The number of hydrogen-bond acceptors (Lipinski definition) is 0. The molecule has 0 aliphatic carbocycles. The Hall–Kier alpha value is 2.39. The van der Waals surface area contributed by atoms with Gasteiger partial charge in [0.15, 0.2) is 0 Å². The summed E-state index contributed by atoms with van der Waals surface area (Å²) in [7, 11) is 0. The first-order valence-electron chi connectivity index (χ1n) is 0. The Labute approximate surface area is 82.8 Å². The Kier molecular flexibility index (Phi) is 343. The molecule has 0 aliphatic heterocycles. The van der Waals surface area contributed by atoms with Crippen LogP contribution in [0.3, 0.4) is 0 Å². The molecule has 0 fully saturated rings. The standard InChI is InChI=1S/3ClH.Fe.Na/h3*1H;;/q;;;+2;+1/p-3. The summed E-state index contributed by atoms with van der Waals surface area (Å²) in [6.45, 7) is 0. The monoisotopic (exact) mass is 184 g/mol. The number of halogens is 3. The summed E-state index contributed by atoms with van der Waals surface area (Å²) in [5.41, 5.74) is 0. The van der Waals surface area contributed by atoms with Crippen LogP contribution in [-0.2, 0) is 17.1 Å². The maximum absolute atomic E-state index is 0. The summed E-state index contributed by atoms with van der Waals surface area (Å²) in [5, 5.41) is 0. The summed E-state index contributed by atoms with van der Waals surface area (Å²) in [6, 6.07) is 0. The van der Waals surface area contributed by atoms with Crippen molar-refractivity contribution in [3.8, 4) is 0 Å². The maximum atomic E-state index is 0. The predicted octanol–water partition coefficient (Wildman–Crippen LogP) is -12.0. The normalized spacial score (nSPS) is 0. The largest absolute Gasteiger partial charge is 2.00 e. The van der Waals surface area contributed by atoms with Crippen LogP contribution in [0.5, 0.6) is 0 Å². The van der Waals surface area contributed by atoms with Gasteiger partial charge in [0.1, 0.15) is 0 Å². The molecular weight excluding hydrogens is 185 g/mol. The summed E-state index contributed by atoms with van der Waals surface area (Å²) in [4.78, 5) is 0. The molecule has 5 heavy (non-hydrogen) atoms. The van der Waals surface area contributed by atoms with Crippen LogP contribution < -0.4 is 66.8 Å². The first kappa shape index (κ1) is 52.8. The molecule has 0 N–H and O–H groups in total. The minimum absolute atomic E-state index is 0. The molecule has 0 nitrogen and oxygen atoms in total. The first-order valence-corrected chi connectivity index (χ1v) is 0. The van der Waals surface area contributed by atoms with Crippen molar-refractivity contribution in [3.63, 3.8) is 0 Å². The van der Waals surface area contributed by atoms with Crippen LogP contribution in [-0.4, -0.2) is 0 Å². The van der Waals surface area contributed by atoms with E-state index in [0.29, 0.717) is 0 Å². The van der Waals surface area contributed by atoms with Gasteiger partial charge in [-0.25, -0.2) is 0 Å². The van der Waals surface area contributed by atoms with Gasteiger partial charge in [0.2, 0.25) is 0 Å². The van der Waals surface area contributed by atoms with Gasteiger partial charge in [0.05, 0.1) is 0 Å². The van der Waals surface area contributed by atoms with Crippen LogP contribution in [0.4, 0.5) is 0 Å². The van der Waals surface area contributed by atoms with E-state index in [4.69, 9.17) is 0 Å². The summed E-state index contributed by atoms with van der Waals surface area (Å²) >= 11 is 0. The molecule has 0 unspecified atom stereocenters. The minimum Gasteiger partial charge on any atom is -1.00 e. The van der Waals surface area contributed by atoms with Gasteiger partial charge >= 0.3 is 46.6 Å². The second kappa shape index (κ2) is 32.5. The quantitative estimate of drug-likeness (QED) is 0.329. The van der Waals surface area contributed by atoms with Gasteiger partial charge in [-0.3, -0.25) is 0 Å². The van der Waals surface area contributed by atoms with Gasteiger partial charge in [-0.15, -0.1) is 0 Å². The molecular formula is Cl3FeNa. The van der Waals surface area contributed by atoms with Crippen molar-refractivity contribution in [2.24, 2.45) is 0 Å². The third kappa shape index (κ3) is 21.6. The molecule has 0 bridgehead atoms. The molecule has 0 aromatic carbocycles. The van der Waals surface area contributed by atoms with E-state index in [0.717, 1.165) is 0 Å². The van der Waals surface area contributed by atoms with Crippen LogP contribution in [0.2, 0.25) is 0 Å². The first-order chi connectivity index (χ1) is 0. The molecule has 0 spiro atoms. The molecule has 0 rings (SSSR count). The van der Waals surface area contributed by atoms with E-state index in [1.165, 1.54) is 0 Å². The Bertz CT molecular complexity index is 6.85. The van der Waals surface area contributed by atoms with Crippen LogP contribution in [0.15, 0.2) is 0 Å². The average molecular weight is 185 g/mol. The molecule has 0 saturated heterocycles. The smallest absolute Gasteiger partial charge is 1.00 e. The molecule has 30 valence electrons. The van der Waals surface area contributed by atoms with Crippen LogP contribution in [0.25, 0.3) is 0 Å². The van der Waals surface area contributed by atoms with E-state index in [2.05, 4.69) is 0 Å². The zero-order valence-corrected chi connectivity index (χ0v) is 7.86. The topological polar surface area (TPSA) is 0 Å². The fraction of sp³-hybridized carbons (Fsp3) is 0. The summed E-state index contributed by atoms with van der Waals surface area (Å²) in [5.74, 6) is 0. The second-order valence-corrected chi connectivity index (χ2v) is 0. The van der Waals surface area contributed by atoms with Crippen molar-refractivity contribution in [3.05, 3.63) is 0 Å². The molecule has 0 aromatic heterocycles. The van der Waals surface area contributed by atoms with Crippen molar-refractivity contribution in [2.45, 2.75) is 0 Å². The van der Waals surface area contributed by atoms with E-state index in [1.807, 2.05) is 0 Å². The molecule has 0 amide bonds. The molecule has 0 saturated carbocycles. The van der Waals surface area contributed by atoms with Crippen LogP contribution >= 0.6 is 0 Å². The third-order valence-electron chi connectivity index (χ3n) is 0. The van der Waals surface area contributed by atoms with E-state index < -0.39 is 0 Å². The Balaban J connectivity index is 0. The van der Waals surface area contributed by atoms with Crippen molar-refractivity contribution in [1.29, 1.82) is 0 Å². The zero-order chi connectivity index (χ0) is 0. The van der Waals surface area contributed by atoms with Gasteiger partial charge in [0.25, 0.3) is 0 Å². The summed E-state index contributed by atoms with van der Waals surface area (Å²) in [6.07, 6.45) is 0. The van der Waals surface area contributed by atoms with E-state index >= 15 is 0 Å². The predicted molar refractivity (Wildman–Crippen MR) is 0 cm³/mol. The van der Waals surface area contributed by atoms with E-state index in [9.17, 15) is 0 Å². The minimum atomic E-state index is 0.